The van der Waals surface area contributed by atoms with Crippen molar-refractivity contribution in [3.8, 4) is 0 Å². The molecule has 3 N–H and O–H groups in total. The van der Waals surface area contributed by atoms with Crippen LogP contribution in [-0.2, 0) is 11.3 Å². The van der Waals surface area contributed by atoms with Crippen LogP contribution in [0.5, 0.6) is 0 Å². The van der Waals surface area contributed by atoms with Crippen LogP contribution < -0.4 is 16.0 Å². The smallest absolute Gasteiger partial charge is 0.254 e. The molecule has 1 aliphatic carbocycles. The first-order chi connectivity index (χ1) is 11.7. The number of aromatic nitrogens is 2. The van der Waals surface area contributed by atoms with Crippen molar-refractivity contribution in [1.82, 2.24) is 25.7 Å². The van der Waals surface area contributed by atoms with E-state index in [1.807, 2.05) is 0 Å². The molecular formula is C17H28ClN5O2. The van der Waals surface area contributed by atoms with Crippen molar-refractivity contribution < 1.29 is 9.59 Å². The van der Waals surface area contributed by atoms with E-state index >= 15 is 0 Å². The fourth-order valence-corrected chi connectivity index (χ4v) is 3.48. The fourth-order valence-electron chi connectivity index (χ4n) is 3.48. The van der Waals surface area contributed by atoms with E-state index in [1.54, 1.807) is 6.20 Å². The molecule has 2 amide bonds. The highest BCUT2D eigenvalue weighted by atomic mass is 35.5. The molecule has 0 radical (unpaired) electrons. The predicted octanol–water partition coefficient (Wildman–Crippen LogP) is 1.24. The molecule has 1 aromatic heterocycles. The van der Waals surface area contributed by atoms with Gasteiger partial charge in [0.05, 0.1) is 11.8 Å². The summed E-state index contributed by atoms with van der Waals surface area (Å²) in [5.74, 6) is -0.172. The third-order valence-electron chi connectivity index (χ3n) is 4.84. The quantitative estimate of drug-likeness (QED) is 0.703. The van der Waals surface area contributed by atoms with Crippen LogP contribution in [0.2, 0.25) is 0 Å². The van der Waals surface area contributed by atoms with Crippen LogP contribution in [0.25, 0.3) is 0 Å². The number of carbonyl (C=O) groups excluding carboxylic acids is 2. The number of hydrogen-bond donors (Lipinski definition) is 3. The molecule has 140 valence electrons. The Balaban J connectivity index is 0.00000225. The van der Waals surface area contributed by atoms with Gasteiger partial charge in [0.1, 0.15) is 6.54 Å². The number of halogens is 1. The number of rotatable bonds is 6. The lowest BCUT2D eigenvalue weighted by Gasteiger charge is -2.22. The topological polar surface area (TPSA) is 88.1 Å². The molecule has 3 rings (SSSR count). The zero-order valence-electron chi connectivity index (χ0n) is 14.5. The first kappa shape index (κ1) is 19.7. The van der Waals surface area contributed by atoms with Gasteiger partial charge in [-0.15, -0.1) is 12.4 Å². The third kappa shape index (κ3) is 6.01. The van der Waals surface area contributed by atoms with Crippen molar-refractivity contribution in [3.05, 3.63) is 18.0 Å². The minimum atomic E-state index is -0.136. The van der Waals surface area contributed by atoms with Gasteiger partial charge in [-0.1, -0.05) is 19.3 Å². The van der Waals surface area contributed by atoms with Gasteiger partial charge in [-0.05, 0) is 32.2 Å². The summed E-state index contributed by atoms with van der Waals surface area (Å²) in [5.41, 5.74) is 0.499. The first-order valence-electron chi connectivity index (χ1n) is 9.04. The van der Waals surface area contributed by atoms with E-state index in [0.29, 0.717) is 24.2 Å². The van der Waals surface area contributed by atoms with E-state index in [9.17, 15) is 9.59 Å². The summed E-state index contributed by atoms with van der Waals surface area (Å²) in [6.45, 7) is 1.81. The van der Waals surface area contributed by atoms with Gasteiger partial charge in [0.25, 0.3) is 5.91 Å². The Bertz CT molecular complexity index is 565. The Morgan fingerprint density at radius 2 is 2.00 bits per heavy atom. The number of hydrogen-bond acceptors (Lipinski definition) is 4. The number of amides is 2. The summed E-state index contributed by atoms with van der Waals surface area (Å²) in [6.07, 6.45) is 11.2. The van der Waals surface area contributed by atoms with E-state index in [0.717, 1.165) is 32.2 Å². The van der Waals surface area contributed by atoms with Crippen molar-refractivity contribution >= 4 is 24.2 Å². The molecule has 1 aromatic rings. The van der Waals surface area contributed by atoms with E-state index in [2.05, 4.69) is 21.0 Å². The van der Waals surface area contributed by atoms with Crippen LogP contribution in [0.3, 0.4) is 0 Å². The highest BCUT2D eigenvalue weighted by Crippen LogP contribution is 2.17. The normalized spacial score (nSPS) is 20.7. The highest BCUT2D eigenvalue weighted by molar-refractivity contribution is 5.93. The minimum Gasteiger partial charge on any atom is -0.352 e. The lowest BCUT2D eigenvalue weighted by atomic mass is 9.95. The van der Waals surface area contributed by atoms with E-state index in [4.69, 9.17) is 0 Å². The molecule has 1 atom stereocenters. The minimum absolute atomic E-state index is 0. The number of carbonyl (C=O) groups is 2. The Labute approximate surface area is 154 Å². The second kappa shape index (κ2) is 9.77. The molecule has 1 saturated heterocycles. The lowest BCUT2D eigenvalue weighted by Crippen LogP contribution is -2.38. The van der Waals surface area contributed by atoms with Crippen molar-refractivity contribution in [1.29, 1.82) is 0 Å². The van der Waals surface area contributed by atoms with Gasteiger partial charge in [0, 0.05) is 24.8 Å². The largest absolute Gasteiger partial charge is 0.352 e. The zero-order chi connectivity index (χ0) is 16.8. The van der Waals surface area contributed by atoms with Gasteiger partial charge in [-0.3, -0.25) is 14.3 Å². The van der Waals surface area contributed by atoms with Crippen LogP contribution in [0.15, 0.2) is 12.4 Å². The van der Waals surface area contributed by atoms with Gasteiger partial charge in [-0.25, -0.2) is 0 Å². The van der Waals surface area contributed by atoms with Crippen molar-refractivity contribution in [2.45, 2.75) is 63.6 Å². The van der Waals surface area contributed by atoms with E-state index in [-0.39, 0.29) is 30.8 Å². The van der Waals surface area contributed by atoms with Crippen molar-refractivity contribution in [3.63, 3.8) is 0 Å². The molecule has 0 spiro atoms. The third-order valence-corrected chi connectivity index (χ3v) is 4.84. The molecule has 7 nitrogen and oxygen atoms in total. The first-order valence-corrected chi connectivity index (χ1v) is 9.04. The lowest BCUT2D eigenvalue weighted by molar-refractivity contribution is -0.122. The molecule has 2 fully saturated rings. The van der Waals surface area contributed by atoms with E-state index < -0.39 is 0 Å². The fraction of sp³-hybridized carbons (Fsp3) is 0.706. The summed E-state index contributed by atoms with van der Waals surface area (Å²) in [6, 6.07) is 0.661. The second-order valence-corrected chi connectivity index (χ2v) is 6.83. The molecule has 1 aliphatic heterocycles. The van der Waals surface area contributed by atoms with Crippen LogP contribution in [-0.4, -0.2) is 46.8 Å². The standard InChI is InChI=1S/C17H27N5O2.ClH/c23-16(21-14-5-2-1-3-6-14)12-22-11-13(9-20-22)17(24)19-10-15-7-4-8-18-15;/h9,11,14-15,18H,1-8,10,12H2,(H,19,24)(H,21,23);1H. The van der Waals surface area contributed by atoms with Crippen LogP contribution in [0, 0.1) is 0 Å². The van der Waals surface area contributed by atoms with Gasteiger partial charge in [-0.2, -0.15) is 5.10 Å². The van der Waals surface area contributed by atoms with Crippen LogP contribution >= 0.6 is 12.4 Å². The molecule has 0 bridgehead atoms. The maximum atomic E-state index is 12.1. The Morgan fingerprint density at radius 1 is 1.20 bits per heavy atom. The summed E-state index contributed by atoms with van der Waals surface area (Å²) < 4.78 is 1.53. The Hall–Kier alpha value is -1.60. The maximum absolute atomic E-state index is 12.1. The molecule has 1 saturated carbocycles. The number of nitrogens with zero attached hydrogens (tertiary/aromatic N) is 2. The highest BCUT2D eigenvalue weighted by Gasteiger charge is 2.18. The summed E-state index contributed by atoms with van der Waals surface area (Å²) >= 11 is 0. The zero-order valence-corrected chi connectivity index (χ0v) is 15.3. The van der Waals surface area contributed by atoms with Crippen LogP contribution in [0.4, 0.5) is 0 Å². The van der Waals surface area contributed by atoms with Gasteiger partial charge in [0.15, 0.2) is 0 Å². The molecule has 2 aliphatic rings. The molecule has 2 heterocycles. The van der Waals surface area contributed by atoms with Crippen molar-refractivity contribution in [2.24, 2.45) is 0 Å². The Kier molecular flexibility index (Phi) is 7.71. The number of nitrogens with one attached hydrogen (secondary N) is 3. The van der Waals surface area contributed by atoms with Crippen LogP contribution in [0.1, 0.15) is 55.3 Å². The predicted molar refractivity (Wildman–Crippen MR) is 97.8 cm³/mol. The average molecular weight is 370 g/mol. The Morgan fingerprint density at radius 3 is 2.72 bits per heavy atom. The van der Waals surface area contributed by atoms with Gasteiger partial charge in [0.2, 0.25) is 5.91 Å². The SMILES string of the molecule is Cl.O=C(Cn1cc(C(=O)NCC2CCCN2)cn1)NC1CCCCC1. The molecule has 8 heteroatoms. The molecular weight excluding hydrogens is 342 g/mol. The maximum Gasteiger partial charge on any atom is 0.254 e. The molecule has 25 heavy (non-hydrogen) atoms. The molecule has 0 aromatic carbocycles. The summed E-state index contributed by atoms with van der Waals surface area (Å²) in [4.78, 5) is 24.2. The van der Waals surface area contributed by atoms with E-state index in [1.165, 1.54) is 30.1 Å². The summed E-state index contributed by atoms with van der Waals surface area (Å²) in [5, 5.41) is 13.5. The summed E-state index contributed by atoms with van der Waals surface area (Å²) in [7, 11) is 0. The monoisotopic (exact) mass is 369 g/mol. The van der Waals surface area contributed by atoms with Crippen molar-refractivity contribution in [2.75, 3.05) is 13.1 Å². The molecule has 1 unspecified atom stereocenters. The second-order valence-electron chi connectivity index (χ2n) is 6.83. The average Bonchev–Trinajstić information content (AvgIpc) is 3.25. The van der Waals surface area contributed by atoms with Gasteiger partial charge >= 0.3 is 0 Å². The van der Waals surface area contributed by atoms with Gasteiger partial charge < -0.3 is 16.0 Å².